The van der Waals surface area contributed by atoms with Crippen LogP contribution in [0.2, 0.25) is 0 Å². The molecule has 7 aromatic carbocycles. The van der Waals surface area contributed by atoms with Crippen LogP contribution >= 0.6 is 0 Å². The first-order valence-electron chi connectivity index (χ1n) is 16.8. The molecule has 0 saturated carbocycles. The maximum atomic E-state index is 2.54. The standard InChI is InChI=1S/C46H35N/c1-45(2)37-21-10-7-14-31(37)34-20-13-19-30(42(34)45)28-24-26-29(27-25-28)47-39-23-12-9-18-36(39)41-33-16-6-5-15-32(33)40-35-17-8-11-22-38(35)46(3,4)43(40)44(41)47/h5-27H,1-4H3. The molecule has 0 amide bonds. The van der Waals surface area contributed by atoms with Crippen molar-refractivity contribution in [1.29, 1.82) is 0 Å². The van der Waals surface area contributed by atoms with Crippen LogP contribution in [0.4, 0.5) is 0 Å². The zero-order valence-corrected chi connectivity index (χ0v) is 27.2. The lowest BCUT2D eigenvalue weighted by Gasteiger charge is -2.25. The van der Waals surface area contributed by atoms with Crippen molar-refractivity contribution < 1.29 is 0 Å². The van der Waals surface area contributed by atoms with E-state index >= 15 is 0 Å². The van der Waals surface area contributed by atoms with Gasteiger partial charge in [-0.2, -0.15) is 0 Å². The van der Waals surface area contributed by atoms with Gasteiger partial charge in [-0.1, -0.05) is 149 Å². The summed E-state index contributed by atoms with van der Waals surface area (Å²) in [7, 11) is 0. The van der Waals surface area contributed by atoms with Crippen molar-refractivity contribution in [1.82, 2.24) is 4.57 Å². The number of rotatable bonds is 2. The zero-order chi connectivity index (χ0) is 31.7. The van der Waals surface area contributed by atoms with Crippen LogP contribution in [-0.2, 0) is 10.8 Å². The quantitative estimate of drug-likeness (QED) is 0.186. The van der Waals surface area contributed by atoms with Crippen LogP contribution < -0.4 is 0 Å². The van der Waals surface area contributed by atoms with Crippen molar-refractivity contribution in [2.45, 2.75) is 38.5 Å². The molecule has 0 bridgehead atoms. The molecule has 1 heterocycles. The van der Waals surface area contributed by atoms with Crippen LogP contribution in [0.3, 0.4) is 0 Å². The van der Waals surface area contributed by atoms with Gasteiger partial charge in [-0.15, -0.1) is 0 Å². The van der Waals surface area contributed by atoms with Crippen LogP contribution in [0.25, 0.3) is 71.6 Å². The minimum absolute atomic E-state index is 0.0593. The van der Waals surface area contributed by atoms with Gasteiger partial charge in [0.15, 0.2) is 0 Å². The maximum Gasteiger partial charge on any atom is 0.0594 e. The molecular weight excluding hydrogens is 567 g/mol. The third-order valence-electron chi connectivity index (χ3n) is 11.3. The highest BCUT2D eigenvalue weighted by atomic mass is 15.0. The topological polar surface area (TPSA) is 4.93 Å². The van der Waals surface area contributed by atoms with Crippen molar-refractivity contribution >= 4 is 32.6 Å². The van der Waals surface area contributed by atoms with Gasteiger partial charge in [0.05, 0.1) is 11.0 Å². The number of hydrogen-bond acceptors (Lipinski definition) is 0. The summed E-state index contributed by atoms with van der Waals surface area (Å²) in [5.41, 5.74) is 17.3. The van der Waals surface area contributed by atoms with E-state index in [1.807, 2.05) is 0 Å². The van der Waals surface area contributed by atoms with Crippen LogP contribution in [0, 0.1) is 0 Å². The van der Waals surface area contributed by atoms with Gasteiger partial charge < -0.3 is 4.57 Å². The molecule has 8 aromatic rings. The van der Waals surface area contributed by atoms with E-state index < -0.39 is 0 Å². The number of para-hydroxylation sites is 1. The number of hydrogen-bond donors (Lipinski definition) is 0. The molecule has 0 N–H and O–H groups in total. The molecule has 0 unspecified atom stereocenters. The summed E-state index contributed by atoms with van der Waals surface area (Å²) in [6, 6.07) is 52.1. The Labute approximate surface area is 275 Å². The summed E-state index contributed by atoms with van der Waals surface area (Å²) in [5, 5.41) is 5.31. The summed E-state index contributed by atoms with van der Waals surface area (Å²) in [4.78, 5) is 0. The summed E-state index contributed by atoms with van der Waals surface area (Å²) >= 11 is 0. The molecule has 10 rings (SSSR count). The molecule has 0 radical (unpaired) electrons. The third kappa shape index (κ3) is 3.34. The first kappa shape index (κ1) is 26.8. The minimum atomic E-state index is -0.147. The highest BCUT2D eigenvalue weighted by Gasteiger charge is 2.40. The first-order chi connectivity index (χ1) is 22.9. The third-order valence-corrected chi connectivity index (χ3v) is 11.3. The Bertz CT molecular complexity index is 2610. The van der Waals surface area contributed by atoms with E-state index in [9.17, 15) is 0 Å². The van der Waals surface area contributed by atoms with Gasteiger partial charge in [-0.25, -0.2) is 0 Å². The lowest BCUT2D eigenvalue weighted by atomic mass is 9.79. The molecular formula is C46H35N. The molecule has 0 atom stereocenters. The summed E-state index contributed by atoms with van der Waals surface area (Å²) in [6.45, 7) is 9.57. The second kappa shape index (κ2) is 9.11. The van der Waals surface area contributed by atoms with E-state index in [0.717, 1.165) is 0 Å². The second-order valence-corrected chi connectivity index (χ2v) is 14.5. The van der Waals surface area contributed by atoms with Crippen LogP contribution in [-0.4, -0.2) is 4.57 Å². The lowest BCUT2D eigenvalue weighted by Crippen LogP contribution is -2.16. The van der Waals surface area contributed by atoms with E-state index in [1.54, 1.807) is 0 Å². The molecule has 0 fully saturated rings. The molecule has 1 aromatic heterocycles. The predicted molar refractivity (Wildman–Crippen MR) is 199 cm³/mol. The average Bonchev–Trinajstić information content (AvgIpc) is 3.66. The highest BCUT2D eigenvalue weighted by Crippen LogP contribution is 2.56. The largest absolute Gasteiger partial charge is 0.309 e. The van der Waals surface area contributed by atoms with E-state index in [4.69, 9.17) is 0 Å². The number of nitrogens with zero attached hydrogens (tertiary/aromatic N) is 1. The van der Waals surface area contributed by atoms with Gasteiger partial charge in [-0.05, 0) is 84.6 Å². The van der Waals surface area contributed by atoms with Crippen molar-refractivity contribution in [3.63, 3.8) is 0 Å². The van der Waals surface area contributed by atoms with Gasteiger partial charge in [-0.3, -0.25) is 0 Å². The van der Waals surface area contributed by atoms with Crippen molar-refractivity contribution in [2.24, 2.45) is 0 Å². The van der Waals surface area contributed by atoms with E-state index in [-0.39, 0.29) is 10.8 Å². The van der Waals surface area contributed by atoms with Gasteiger partial charge in [0.2, 0.25) is 0 Å². The molecule has 0 aliphatic heterocycles. The van der Waals surface area contributed by atoms with Crippen LogP contribution in [0.5, 0.6) is 0 Å². The minimum Gasteiger partial charge on any atom is -0.309 e. The molecule has 0 spiro atoms. The zero-order valence-electron chi connectivity index (χ0n) is 27.2. The van der Waals surface area contributed by atoms with Gasteiger partial charge in [0, 0.05) is 27.3 Å². The monoisotopic (exact) mass is 601 g/mol. The molecule has 1 nitrogen and oxygen atoms in total. The van der Waals surface area contributed by atoms with Crippen molar-refractivity contribution in [2.75, 3.05) is 0 Å². The van der Waals surface area contributed by atoms with E-state index in [2.05, 4.69) is 172 Å². The molecule has 2 aliphatic carbocycles. The fourth-order valence-electron chi connectivity index (χ4n) is 9.34. The summed E-state index contributed by atoms with van der Waals surface area (Å²) < 4.78 is 2.54. The van der Waals surface area contributed by atoms with Gasteiger partial charge in [0.25, 0.3) is 0 Å². The van der Waals surface area contributed by atoms with E-state index in [0.29, 0.717) is 0 Å². The Morgan fingerprint density at radius 2 is 0.979 bits per heavy atom. The summed E-state index contributed by atoms with van der Waals surface area (Å²) in [6.07, 6.45) is 0. The number of benzene rings is 7. The Kier molecular flexibility index (Phi) is 5.19. The van der Waals surface area contributed by atoms with E-state index in [1.165, 1.54) is 93.9 Å². The van der Waals surface area contributed by atoms with Crippen molar-refractivity contribution in [3.05, 3.63) is 162 Å². The van der Waals surface area contributed by atoms with Crippen LogP contribution in [0.15, 0.2) is 140 Å². The normalized spacial score (nSPS) is 15.1. The predicted octanol–water partition coefficient (Wildman–Crippen LogP) is 12.2. The maximum absolute atomic E-state index is 2.54. The lowest BCUT2D eigenvalue weighted by molar-refractivity contribution is 0.662. The molecule has 224 valence electrons. The Morgan fingerprint density at radius 3 is 1.74 bits per heavy atom. The molecule has 1 heteroatoms. The Hall–Kier alpha value is -5.40. The van der Waals surface area contributed by atoms with Gasteiger partial charge >= 0.3 is 0 Å². The average molecular weight is 602 g/mol. The fourth-order valence-corrected chi connectivity index (χ4v) is 9.34. The highest BCUT2D eigenvalue weighted by molar-refractivity contribution is 6.27. The fraction of sp³-hybridized carbons (Fsp3) is 0.130. The van der Waals surface area contributed by atoms with Crippen molar-refractivity contribution in [3.8, 4) is 39.1 Å². The molecule has 2 aliphatic rings. The first-order valence-corrected chi connectivity index (χ1v) is 16.8. The second-order valence-electron chi connectivity index (χ2n) is 14.5. The SMILES string of the molecule is CC1(C)c2ccccc2-c2cccc(-c3ccc(-n4c5ccccc5c5c6ccccc6c6c(c54)C(C)(C)c4ccccc4-6)cc3)c21. The summed E-state index contributed by atoms with van der Waals surface area (Å²) in [5.74, 6) is 0. The molecule has 47 heavy (non-hydrogen) atoms. The smallest absolute Gasteiger partial charge is 0.0594 e. The number of fused-ring (bicyclic) bond motifs is 13. The molecule has 0 saturated heterocycles. The van der Waals surface area contributed by atoms with Crippen LogP contribution in [0.1, 0.15) is 49.9 Å². The van der Waals surface area contributed by atoms with Gasteiger partial charge in [0.1, 0.15) is 0 Å². The Balaban J connectivity index is 1.25. The number of aromatic nitrogens is 1. The Morgan fingerprint density at radius 1 is 0.426 bits per heavy atom.